The molecule has 9 nitrogen and oxygen atoms in total. The Bertz CT molecular complexity index is 1320. The molecule has 458 valence electrons. The molecule has 0 aromatic rings. The van der Waals surface area contributed by atoms with Gasteiger partial charge in [-0.15, -0.1) is 0 Å². The van der Waals surface area contributed by atoms with Gasteiger partial charge in [-0.1, -0.05) is 308 Å². The predicted molar refractivity (Wildman–Crippen MR) is 334 cm³/mol. The highest BCUT2D eigenvalue weighted by molar-refractivity contribution is 7.47. The first-order valence-corrected chi connectivity index (χ1v) is 35.3. The van der Waals surface area contributed by atoms with E-state index in [2.05, 4.69) is 43.5 Å². The van der Waals surface area contributed by atoms with Crippen molar-refractivity contribution in [3.8, 4) is 0 Å². The zero-order valence-electron chi connectivity index (χ0n) is 52.1. The van der Waals surface area contributed by atoms with E-state index >= 15 is 0 Å². The number of carbonyl (C=O) groups excluding carboxylic acids is 1. The summed E-state index contributed by atoms with van der Waals surface area (Å²) < 4.78 is 23.6. The van der Waals surface area contributed by atoms with E-state index in [-0.39, 0.29) is 18.9 Å². The van der Waals surface area contributed by atoms with Crippen LogP contribution in [0.3, 0.4) is 0 Å². The van der Waals surface area contributed by atoms with Gasteiger partial charge in [-0.25, -0.2) is 4.57 Å². The number of phosphoric acid groups is 1. The Morgan fingerprint density at radius 2 is 0.740 bits per heavy atom. The van der Waals surface area contributed by atoms with Crippen LogP contribution in [0.25, 0.3) is 0 Å². The Labute approximate surface area is 479 Å². The minimum Gasteiger partial charge on any atom is -0.390 e. The number of carbonyl (C=O) groups is 1. The van der Waals surface area contributed by atoms with E-state index < -0.39 is 32.7 Å². The number of hydrogen-bond acceptors (Lipinski definition) is 6. The van der Waals surface area contributed by atoms with Crippen molar-refractivity contribution in [3.63, 3.8) is 0 Å². The van der Waals surface area contributed by atoms with Crippen LogP contribution in [0.4, 0.5) is 0 Å². The summed E-state index contributed by atoms with van der Waals surface area (Å²) in [6.45, 7) is 4.59. The summed E-state index contributed by atoms with van der Waals surface area (Å²) in [5.41, 5.74) is 0. The largest absolute Gasteiger partial charge is 0.472 e. The van der Waals surface area contributed by atoms with Crippen molar-refractivity contribution >= 4 is 13.7 Å². The first-order valence-electron chi connectivity index (χ1n) is 33.8. The van der Waals surface area contributed by atoms with E-state index in [0.29, 0.717) is 23.9 Å². The van der Waals surface area contributed by atoms with E-state index in [9.17, 15) is 24.5 Å². The lowest BCUT2D eigenvalue weighted by Crippen LogP contribution is -2.51. The summed E-state index contributed by atoms with van der Waals surface area (Å²) in [7, 11) is 1.42. The summed E-state index contributed by atoms with van der Waals surface area (Å²) in [6, 6.07) is -1.05. The molecular formula is C67H134N2O7P+. The maximum absolute atomic E-state index is 13.0. The number of nitrogens with one attached hydrogen (secondary N) is 1. The minimum atomic E-state index is -4.43. The Morgan fingerprint density at radius 1 is 0.442 bits per heavy atom. The first kappa shape index (κ1) is 75.9. The number of allylic oxidation sites excluding steroid dienone is 4. The van der Waals surface area contributed by atoms with Gasteiger partial charge in [0.05, 0.1) is 39.9 Å². The number of unbranched alkanes of at least 4 members (excludes halogenated alkanes) is 45. The van der Waals surface area contributed by atoms with Crippen molar-refractivity contribution in [2.75, 3.05) is 40.9 Å². The molecule has 0 aliphatic rings. The quantitative estimate of drug-likeness (QED) is 0.0207. The fourth-order valence-electron chi connectivity index (χ4n) is 10.5. The van der Waals surface area contributed by atoms with Crippen molar-refractivity contribution in [2.45, 2.75) is 360 Å². The summed E-state index contributed by atoms with van der Waals surface area (Å²) in [4.78, 5) is 23.3. The van der Waals surface area contributed by atoms with Gasteiger partial charge in [0.15, 0.2) is 0 Å². The molecule has 0 aliphatic heterocycles. The molecule has 0 radical (unpaired) electrons. The molecule has 4 atom stereocenters. The molecule has 0 saturated heterocycles. The van der Waals surface area contributed by atoms with Crippen LogP contribution >= 0.6 is 7.82 Å². The van der Waals surface area contributed by atoms with Crippen LogP contribution in [0.5, 0.6) is 0 Å². The van der Waals surface area contributed by atoms with Gasteiger partial charge in [-0.3, -0.25) is 13.8 Å². The number of amides is 1. The highest BCUT2D eigenvalue weighted by atomic mass is 31.2. The van der Waals surface area contributed by atoms with Crippen LogP contribution in [-0.4, -0.2) is 84.6 Å². The maximum Gasteiger partial charge on any atom is 0.472 e. The molecule has 0 heterocycles. The topological polar surface area (TPSA) is 125 Å². The number of aliphatic hydroxyl groups is 2. The molecule has 0 saturated carbocycles. The summed E-state index contributed by atoms with van der Waals surface area (Å²) >= 11 is 0. The Morgan fingerprint density at radius 3 is 1.08 bits per heavy atom. The van der Waals surface area contributed by atoms with Crippen molar-refractivity contribution in [1.82, 2.24) is 5.32 Å². The predicted octanol–water partition coefficient (Wildman–Crippen LogP) is 20.1. The zero-order chi connectivity index (χ0) is 56.4. The van der Waals surface area contributed by atoms with Gasteiger partial charge in [0.1, 0.15) is 19.3 Å². The molecular weight excluding hydrogens is 976 g/mol. The Balaban J connectivity index is 3.85. The second-order valence-electron chi connectivity index (χ2n) is 24.7. The zero-order valence-corrected chi connectivity index (χ0v) is 53.0. The van der Waals surface area contributed by atoms with Crippen LogP contribution in [0.15, 0.2) is 24.3 Å². The standard InChI is InChI=1S/C67H133N2O7P/c1-6-8-10-12-14-16-18-20-21-22-23-24-25-26-27-28-29-30-31-32-33-34-35-36-37-38-39-40-41-42-43-44-45-46-47-48-50-52-54-56-58-60-66(71)68-64(63-76-77(73,74)75-62-61-69(3,4)5)67(72)65(70)59-57-55-53-51-49-19-17-15-13-11-9-7-2/h15,17,51,53,64-65,67,70,72H,6-14,16,18-50,52,54-63H2,1-5H3,(H-,68,71,73,74)/p+1/b17-15+,53-51+. The highest BCUT2D eigenvalue weighted by Gasteiger charge is 2.32. The number of phosphoric ester groups is 1. The monoisotopic (exact) mass is 1110 g/mol. The lowest BCUT2D eigenvalue weighted by Gasteiger charge is -2.28. The third kappa shape index (κ3) is 59.4. The maximum atomic E-state index is 13.0. The number of likely N-dealkylation sites (N-methyl/N-ethyl adjacent to an activating group) is 1. The lowest BCUT2D eigenvalue weighted by atomic mass is 10.0. The molecule has 0 bridgehead atoms. The number of rotatable bonds is 63. The van der Waals surface area contributed by atoms with Gasteiger partial charge >= 0.3 is 7.82 Å². The Hall–Kier alpha value is -1.06. The number of hydrogen-bond donors (Lipinski definition) is 4. The molecule has 77 heavy (non-hydrogen) atoms. The first-order chi connectivity index (χ1) is 37.4. The van der Waals surface area contributed by atoms with Gasteiger partial charge in [-0.2, -0.15) is 0 Å². The van der Waals surface area contributed by atoms with Crippen LogP contribution in [0, 0.1) is 0 Å². The second-order valence-corrected chi connectivity index (χ2v) is 26.1. The van der Waals surface area contributed by atoms with E-state index in [4.69, 9.17) is 9.05 Å². The fraction of sp³-hybridized carbons (Fsp3) is 0.925. The summed E-state index contributed by atoms with van der Waals surface area (Å²) in [6.07, 6.45) is 72.0. The molecule has 4 unspecified atom stereocenters. The number of aliphatic hydroxyl groups excluding tert-OH is 2. The van der Waals surface area contributed by atoms with E-state index in [1.54, 1.807) is 0 Å². The molecule has 10 heteroatoms. The summed E-state index contributed by atoms with van der Waals surface area (Å²) in [5, 5.41) is 24.8. The van der Waals surface area contributed by atoms with E-state index in [1.165, 1.54) is 263 Å². The van der Waals surface area contributed by atoms with E-state index in [0.717, 1.165) is 44.9 Å². The smallest absolute Gasteiger partial charge is 0.390 e. The third-order valence-corrected chi connectivity index (χ3v) is 16.8. The van der Waals surface area contributed by atoms with E-state index in [1.807, 2.05) is 21.1 Å². The molecule has 1 amide bonds. The molecule has 0 aromatic carbocycles. The normalized spacial score (nSPS) is 14.2. The summed E-state index contributed by atoms with van der Waals surface area (Å²) in [5.74, 6) is -0.266. The SMILES string of the molecule is CCCCC/C=C/CC/C=C/CCCC(O)C(O)C(COP(=O)(O)OCC[N+](C)(C)C)NC(=O)CCCCCCCCCCCCCCCCCCCCCCCCCCCCCCCCCCCCCCCCCCC. The fourth-order valence-corrected chi connectivity index (χ4v) is 11.2. The van der Waals surface area contributed by atoms with Gasteiger partial charge in [0, 0.05) is 6.42 Å². The van der Waals surface area contributed by atoms with Gasteiger partial charge in [-0.05, 0) is 51.4 Å². The van der Waals surface area contributed by atoms with Crippen molar-refractivity contribution < 1.29 is 38.0 Å². The number of nitrogens with zero attached hydrogens (tertiary/aromatic N) is 1. The third-order valence-electron chi connectivity index (χ3n) is 15.8. The van der Waals surface area contributed by atoms with Crippen LogP contribution in [0.1, 0.15) is 341 Å². The average Bonchev–Trinajstić information content (AvgIpc) is 3.39. The van der Waals surface area contributed by atoms with Crippen molar-refractivity contribution in [2.24, 2.45) is 0 Å². The van der Waals surface area contributed by atoms with Crippen LogP contribution in [-0.2, 0) is 18.4 Å². The molecule has 0 aromatic heterocycles. The second kappa shape index (κ2) is 58.1. The molecule has 0 fully saturated rings. The molecule has 0 rings (SSSR count). The molecule has 0 aliphatic carbocycles. The van der Waals surface area contributed by atoms with Gasteiger partial charge < -0.3 is 24.9 Å². The van der Waals surface area contributed by atoms with Gasteiger partial charge in [0.25, 0.3) is 0 Å². The van der Waals surface area contributed by atoms with Crippen molar-refractivity contribution in [3.05, 3.63) is 24.3 Å². The number of quaternary nitrogens is 1. The Kier molecular flexibility index (Phi) is 57.3. The van der Waals surface area contributed by atoms with Gasteiger partial charge in [0.2, 0.25) is 5.91 Å². The molecule has 4 N–H and O–H groups in total. The lowest BCUT2D eigenvalue weighted by molar-refractivity contribution is -0.870. The highest BCUT2D eigenvalue weighted by Crippen LogP contribution is 2.43. The van der Waals surface area contributed by atoms with Crippen LogP contribution < -0.4 is 5.32 Å². The molecule has 0 spiro atoms. The minimum absolute atomic E-state index is 0.0159. The van der Waals surface area contributed by atoms with Crippen LogP contribution in [0.2, 0.25) is 0 Å². The average molecular weight is 1110 g/mol. The van der Waals surface area contributed by atoms with Crippen molar-refractivity contribution in [1.29, 1.82) is 0 Å².